The predicted octanol–water partition coefficient (Wildman–Crippen LogP) is 2.88. The Bertz CT molecular complexity index is 851. The fourth-order valence-electron chi connectivity index (χ4n) is 1.79. The third kappa shape index (κ3) is 2.50. The van der Waals surface area contributed by atoms with Crippen LogP contribution in [-0.4, -0.2) is 29.8 Å². The summed E-state index contributed by atoms with van der Waals surface area (Å²) in [5.74, 6) is -0.817. The number of nitrogens with one attached hydrogen (secondary N) is 1. The van der Waals surface area contributed by atoms with Crippen molar-refractivity contribution >= 4 is 52.0 Å². The van der Waals surface area contributed by atoms with Gasteiger partial charge in [-0.2, -0.15) is 8.75 Å². The van der Waals surface area contributed by atoms with Gasteiger partial charge in [0, 0.05) is 6.20 Å². The average Bonchev–Trinajstić information content (AvgIpc) is 2.90. The molecule has 0 aliphatic carbocycles. The molecule has 106 valence electrons. The SMILES string of the molecule is Cc1nc(Nc2c(Cl)ccc3nsnc23)ncc1C(=O)O. The van der Waals surface area contributed by atoms with Crippen molar-refractivity contribution in [3.63, 3.8) is 0 Å². The van der Waals surface area contributed by atoms with Crippen LogP contribution in [0.3, 0.4) is 0 Å². The van der Waals surface area contributed by atoms with Gasteiger partial charge in [0.2, 0.25) is 5.95 Å². The molecule has 3 aromatic rings. The molecule has 0 bridgehead atoms. The number of hydrogen-bond acceptors (Lipinski definition) is 7. The molecule has 0 aliphatic heterocycles. The lowest BCUT2D eigenvalue weighted by molar-refractivity contribution is 0.0695. The number of fused-ring (bicyclic) bond motifs is 1. The Hall–Kier alpha value is -2.32. The van der Waals surface area contributed by atoms with Crippen molar-refractivity contribution in [1.29, 1.82) is 0 Å². The smallest absolute Gasteiger partial charge is 0.339 e. The summed E-state index contributed by atoms with van der Waals surface area (Å²) < 4.78 is 8.31. The number of benzene rings is 1. The summed E-state index contributed by atoms with van der Waals surface area (Å²) in [5.41, 5.74) is 2.30. The Labute approximate surface area is 128 Å². The highest BCUT2D eigenvalue weighted by molar-refractivity contribution is 7.00. The molecule has 21 heavy (non-hydrogen) atoms. The van der Waals surface area contributed by atoms with E-state index in [1.165, 1.54) is 6.20 Å². The number of aromatic carboxylic acids is 1. The van der Waals surface area contributed by atoms with Gasteiger partial charge in [-0.3, -0.25) is 0 Å². The number of carboxylic acid groups (broad SMARTS) is 1. The van der Waals surface area contributed by atoms with Crippen LogP contribution < -0.4 is 5.32 Å². The third-order valence-electron chi connectivity index (χ3n) is 2.82. The number of rotatable bonds is 3. The normalized spacial score (nSPS) is 10.8. The maximum absolute atomic E-state index is 10.9. The van der Waals surface area contributed by atoms with Crippen molar-refractivity contribution in [2.24, 2.45) is 0 Å². The van der Waals surface area contributed by atoms with Gasteiger partial charge >= 0.3 is 5.97 Å². The van der Waals surface area contributed by atoms with Crippen molar-refractivity contribution in [1.82, 2.24) is 18.7 Å². The lowest BCUT2D eigenvalue weighted by Crippen LogP contribution is -2.06. The van der Waals surface area contributed by atoms with Gasteiger partial charge in [0.05, 0.1) is 33.7 Å². The van der Waals surface area contributed by atoms with Crippen molar-refractivity contribution in [3.05, 3.63) is 34.6 Å². The monoisotopic (exact) mass is 321 g/mol. The number of aromatic nitrogens is 4. The number of hydrogen-bond donors (Lipinski definition) is 2. The highest BCUT2D eigenvalue weighted by Gasteiger charge is 2.14. The number of carboxylic acids is 1. The standard InChI is InChI=1S/C12H8ClN5O2S/c1-5-6(11(19)20)4-14-12(15-5)16-9-7(13)2-3-8-10(9)18-21-17-8/h2-4H,1H3,(H,19,20)(H,14,15,16). The van der Waals surface area contributed by atoms with E-state index in [0.717, 1.165) is 11.7 Å². The van der Waals surface area contributed by atoms with E-state index in [-0.39, 0.29) is 11.5 Å². The first-order valence-corrected chi connectivity index (χ1v) is 6.92. The van der Waals surface area contributed by atoms with E-state index >= 15 is 0 Å². The predicted molar refractivity (Wildman–Crippen MR) is 79.4 cm³/mol. The van der Waals surface area contributed by atoms with Crippen LogP contribution in [0.1, 0.15) is 16.1 Å². The van der Waals surface area contributed by atoms with E-state index in [2.05, 4.69) is 24.0 Å². The molecule has 0 atom stereocenters. The van der Waals surface area contributed by atoms with Gasteiger partial charge in [-0.05, 0) is 19.1 Å². The summed E-state index contributed by atoms with van der Waals surface area (Å²) in [7, 11) is 0. The molecule has 1 aromatic carbocycles. The molecule has 0 aliphatic rings. The molecule has 7 nitrogen and oxygen atoms in total. The molecule has 2 N–H and O–H groups in total. The second-order valence-corrected chi connectivity index (χ2v) is 5.11. The third-order valence-corrected chi connectivity index (χ3v) is 3.68. The second-order valence-electron chi connectivity index (χ2n) is 4.18. The number of aryl methyl sites for hydroxylation is 1. The summed E-state index contributed by atoms with van der Waals surface area (Å²) in [6, 6.07) is 3.47. The Morgan fingerprint density at radius 2 is 2.19 bits per heavy atom. The Morgan fingerprint density at radius 1 is 1.38 bits per heavy atom. The number of nitrogens with zero attached hydrogens (tertiary/aromatic N) is 4. The average molecular weight is 322 g/mol. The summed E-state index contributed by atoms with van der Waals surface area (Å²) in [4.78, 5) is 19.0. The van der Waals surface area contributed by atoms with Crippen LogP contribution in [0.15, 0.2) is 18.3 Å². The lowest BCUT2D eigenvalue weighted by atomic mass is 10.2. The van der Waals surface area contributed by atoms with Crippen molar-refractivity contribution in [3.8, 4) is 0 Å². The molecule has 0 radical (unpaired) electrons. The molecule has 0 amide bonds. The van der Waals surface area contributed by atoms with Gasteiger partial charge in [0.1, 0.15) is 11.0 Å². The van der Waals surface area contributed by atoms with Crippen LogP contribution in [0.5, 0.6) is 0 Å². The molecule has 0 fully saturated rings. The van der Waals surface area contributed by atoms with Gasteiger partial charge in [-0.15, -0.1) is 0 Å². The topological polar surface area (TPSA) is 101 Å². The van der Waals surface area contributed by atoms with E-state index in [4.69, 9.17) is 16.7 Å². The quantitative estimate of drug-likeness (QED) is 0.764. The minimum Gasteiger partial charge on any atom is -0.478 e. The van der Waals surface area contributed by atoms with Crippen LogP contribution in [0.2, 0.25) is 5.02 Å². The highest BCUT2D eigenvalue weighted by atomic mass is 35.5. The molecular weight excluding hydrogens is 314 g/mol. The zero-order valence-corrected chi connectivity index (χ0v) is 12.2. The van der Waals surface area contributed by atoms with Crippen LogP contribution >= 0.6 is 23.3 Å². The molecule has 9 heteroatoms. The van der Waals surface area contributed by atoms with E-state index in [9.17, 15) is 4.79 Å². The fraction of sp³-hybridized carbons (Fsp3) is 0.0833. The largest absolute Gasteiger partial charge is 0.478 e. The van der Waals surface area contributed by atoms with Gasteiger partial charge in [0.15, 0.2) is 0 Å². The molecule has 3 rings (SSSR count). The maximum Gasteiger partial charge on any atom is 0.339 e. The number of anilines is 2. The molecule has 0 unspecified atom stereocenters. The lowest BCUT2D eigenvalue weighted by Gasteiger charge is -2.08. The molecule has 2 heterocycles. The van der Waals surface area contributed by atoms with Gasteiger partial charge in [-0.1, -0.05) is 11.6 Å². The van der Waals surface area contributed by atoms with E-state index in [1.807, 2.05) is 0 Å². The zero-order chi connectivity index (χ0) is 15.0. The van der Waals surface area contributed by atoms with Gasteiger partial charge in [-0.25, -0.2) is 14.8 Å². The Balaban J connectivity index is 2.03. The summed E-state index contributed by atoms with van der Waals surface area (Å²) in [6.45, 7) is 1.60. The second kappa shape index (κ2) is 5.23. The Morgan fingerprint density at radius 3 is 2.90 bits per heavy atom. The van der Waals surface area contributed by atoms with Crippen molar-refractivity contribution < 1.29 is 9.90 Å². The minimum atomic E-state index is -1.07. The van der Waals surface area contributed by atoms with Gasteiger partial charge < -0.3 is 10.4 Å². The minimum absolute atomic E-state index is 0.0557. The summed E-state index contributed by atoms with van der Waals surface area (Å²) in [5, 5.41) is 12.4. The summed E-state index contributed by atoms with van der Waals surface area (Å²) in [6.07, 6.45) is 1.25. The molecule has 0 saturated heterocycles. The van der Waals surface area contributed by atoms with E-state index in [0.29, 0.717) is 27.4 Å². The van der Waals surface area contributed by atoms with Crippen LogP contribution in [0, 0.1) is 6.92 Å². The van der Waals surface area contributed by atoms with Crippen molar-refractivity contribution in [2.75, 3.05) is 5.32 Å². The molecule has 0 saturated carbocycles. The number of halogens is 1. The fourth-order valence-corrected chi connectivity index (χ4v) is 2.54. The van der Waals surface area contributed by atoms with Crippen LogP contribution in [0.25, 0.3) is 11.0 Å². The van der Waals surface area contributed by atoms with E-state index in [1.54, 1.807) is 19.1 Å². The Kier molecular flexibility index (Phi) is 3.40. The maximum atomic E-state index is 10.9. The van der Waals surface area contributed by atoms with E-state index < -0.39 is 5.97 Å². The first kappa shape index (κ1) is 13.7. The highest BCUT2D eigenvalue weighted by Crippen LogP contribution is 2.31. The molecule has 0 spiro atoms. The van der Waals surface area contributed by atoms with Gasteiger partial charge in [0.25, 0.3) is 0 Å². The van der Waals surface area contributed by atoms with Crippen LogP contribution in [0.4, 0.5) is 11.6 Å². The number of carbonyl (C=O) groups is 1. The zero-order valence-electron chi connectivity index (χ0n) is 10.7. The van der Waals surface area contributed by atoms with Crippen molar-refractivity contribution in [2.45, 2.75) is 6.92 Å². The first-order valence-electron chi connectivity index (χ1n) is 5.81. The first-order chi connectivity index (χ1) is 10.1. The summed E-state index contributed by atoms with van der Waals surface area (Å²) >= 11 is 7.23. The van der Waals surface area contributed by atoms with Crippen LogP contribution in [-0.2, 0) is 0 Å². The molecule has 2 aromatic heterocycles. The molecular formula is C12H8ClN5O2S.